The maximum Gasteiger partial charge on any atom is 0.227 e. The Bertz CT molecular complexity index is 273. The zero-order chi connectivity index (χ0) is 10.1. The fraction of sp³-hybridized carbons (Fsp3) is 0.625. The summed E-state index contributed by atoms with van der Waals surface area (Å²) in [5.41, 5.74) is 0.789. The molecule has 1 aliphatic carbocycles. The smallest absolute Gasteiger partial charge is 0.227 e. The van der Waals surface area contributed by atoms with E-state index >= 15 is 0 Å². The van der Waals surface area contributed by atoms with Crippen molar-refractivity contribution in [3.63, 3.8) is 0 Å². The fourth-order valence-corrected chi connectivity index (χ4v) is 1.30. The van der Waals surface area contributed by atoms with E-state index in [2.05, 4.69) is 10.3 Å². The number of hydroxylamine groups is 1. The van der Waals surface area contributed by atoms with E-state index in [4.69, 9.17) is 0 Å². The number of hydrogen-bond acceptors (Lipinski definition) is 5. The van der Waals surface area contributed by atoms with Gasteiger partial charge in [0.25, 0.3) is 0 Å². The van der Waals surface area contributed by atoms with Crippen LogP contribution in [0.5, 0.6) is 0 Å². The highest BCUT2D eigenvalue weighted by Crippen LogP contribution is 2.18. The van der Waals surface area contributed by atoms with E-state index < -0.39 is 17.1 Å². The molecule has 0 bridgehead atoms. The predicted molar refractivity (Wildman–Crippen MR) is 42.8 cm³/mol. The van der Waals surface area contributed by atoms with Crippen molar-refractivity contribution in [1.29, 1.82) is 0 Å². The lowest BCUT2D eigenvalue weighted by Gasteiger charge is -2.28. The molecule has 5 heteroatoms. The van der Waals surface area contributed by atoms with E-state index in [0.29, 0.717) is 0 Å². The van der Waals surface area contributed by atoms with Gasteiger partial charge in [0.2, 0.25) is 11.6 Å². The third kappa shape index (κ3) is 1.52. The third-order valence-electron chi connectivity index (χ3n) is 2.15. The zero-order valence-corrected chi connectivity index (χ0v) is 7.55. The molecule has 1 saturated carbocycles. The Morgan fingerprint density at radius 3 is 2.46 bits per heavy atom. The Labute approximate surface area is 75.4 Å². The van der Waals surface area contributed by atoms with E-state index in [0.717, 1.165) is 0 Å². The van der Waals surface area contributed by atoms with Crippen LogP contribution in [0.4, 0.5) is 0 Å². The quantitative estimate of drug-likeness (QED) is 0.353. The SMILES string of the molecule is CON[C@]1(C)C(=O)CCC(=O)C1=O. The molecule has 0 spiro atoms. The Morgan fingerprint density at radius 2 is 1.92 bits per heavy atom. The number of hydrogen-bond donors (Lipinski definition) is 1. The van der Waals surface area contributed by atoms with Gasteiger partial charge >= 0.3 is 0 Å². The molecule has 72 valence electrons. The maximum atomic E-state index is 11.3. The largest absolute Gasteiger partial charge is 0.304 e. The highest BCUT2D eigenvalue weighted by atomic mass is 16.6. The maximum absolute atomic E-state index is 11.3. The van der Waals surface area contributed by atoms with E-state index in [1.54, 1.807) is 0 Å². The van der Waals surface area contributed by atoms with Crippen LogP contribution >= 0.6 is 0 Å². The molecule has 0 aromatic heterocycles. The molecule has 5 nitrogen and oxygen atoms in total. The summed E-state index contributed by atoms with van der Waals surface area (Å²) in [4.78, 5) is 38.2. The lowest BCUT2D eigenvalue weighted by atomic mass is 9.81. The van der Waals surface area contributed by atoms with Crippen LogP contribution in [-0.4, -0.2) is 30.0 Å². The van der Waals surface area contributed by atoms with Gasteiger partial charge in [-0.15, -0.1) is 0 Å². The minimum absolute atomic E-state index is 0.0126. The highest BCUT2D eigenvalue weighted by molar-refractivity contribution is 6.47. The molecular weight excluding hydrogens is 174 g/mol. The van der Waals surface area contributed by atoms with Crippen molar-refractivity contribution in [3.8, 4) is 0 Å². The van der Waals surface area contributed by atoms with Crippen molar-refractivity contribution in [1.82, 2.24) is 5.48 Å². The molecule has 13 heavy (non-hydrogen) atoms. The van der Waals surface area contributed by atoms with Crippen LogP contribution in [0.2, 0.25) is 0 Å². The Hall–Kier alpha value is -1.07. The predicted octanol–water partition coefficient (Wildman–Crippen LogP) is -0.603. The summed E-state index contributed by atoms with van der Waals surface area (Å²) in [5.74, 6) is -1.55. The molecular formula is C8H11NO4. The summed E-state index contributed by atoms with van der Waals surface area (Å²) in [5, 5.41) is 0. The first-order valence-electron chi connectivity index (χ1n) is 3.93. The second-order valence-electron chi connectivity index (χ2n) is 3.11. The van der Waals surface area contributed by atoms with Gasteiger partial charge in [-0.1, -0.05) is 0 Å². The minimum atomic E-state index is -1.48. The highest BCUT2D eigenvalue weighted by Gasteiger charge is 2.47. The van der Waals surface area contributed by atoms with E-state index in [9.17, 15) is 14.4 Å². The van der Waals surface area contributed by atoms with Crippen LogP contribution in [0, 0.1) is 0 Å². The number of carbonyl (C=O) groups is 3. The summed E-state index contributed by atoms with van der Waals surface area (Å²) >= 11 is 0. The summed E-state index contributed by atoms with van der Waals surface area (Å²) in [6.45, 7) is 1.36. The van der Waals surface area contributed by atoms with Crippen molar-refractivity contribution in [2.45, 2.75) is 25.3 Å². The Kier molecular flexibility index (Phi) is 2.58. The lowest BCUT2D eigenvalue weighted by Crippen LogP contribution is -2.60. The van der Waals surface area contributed by atoms with Crippen molar-refractivity contribution < 1.29 is 19.2 Å². The molecule has 1 atom stereocenters. The lowest BCUT2D eigenvalue weighted by molar-refractivity contribution is -0.153. The number of carbonyl (C=O) groups excluding carboxylic acids is 3. The molecule has 0 unspecified atom stereocenters. The van der Waals surface area contributed by atoms with Crippen LogP contribution in [0.3, 0.4) is 0 Å². The van der Waals surface area contributed by atoms with E-state index in [1.807, 2.05) is 0 Å². The first-order chi connectivity index (χ1) is 6.02. The van der Waals surface area contributed by atoms with Gasteiger partial charge in [-0.05, 0) is 6.92 Å². The van der Waals surface area contributed by atoms with Gasteiger partial charge in [0.1, 0.15) is 0 Å². The molecule has 0 aliphatic heterocycles. The second kappa shape index (κ2) is 3.35. The van der Waals surface area contributed by atoms with E-state index in [1.165, 1.54) is 14.0 Å². The van der Waals surface area contributed by atoms with Crippen molar-refractivity contribution in [2.24, 2.45) is 0 Å². The number of ketones is 3. The van der Waals surface area contributed by atoms with Crippen LogP contribution in [0.1, 0.15) is 19.8 Å². The third-order valence-corrected chi connectivity index (χ3v) is 2.15. The number of rotatable bonds is 2. The molecule has 1 N–H and O–H groups in total. The first-order valence-corrected chi connectivity index (χ1v) is 3.93. The Morgan fingerprint density at radius 1 is 1.31 bits per heavy atom. The molecule has 0 amide bonds. The van der Waals surface area contributed by atoms with Crippen LogP contribution < -0.4 is 5.48 Å². The molecule has 0 aromatic carbocycles. The van der Waals surface area contributed by atoms with Crippen molar-refractivity contribution in [2.75, 3.05) is 7.11 Å². The van der Waals surface area contributed by atoms with Crippen molar-refractivity contribution in [3.05, 3.63) is 0 Å². The molecule has 1 rings (SSSR count). The molecule has 1 aliphatic rings. The van der Waals surface area contributed by atoms with E-state index in [-0.39, 0.29) is 18.6 Å². The minimum Gasteiger partial charge on any atom is -0.304 e. The first kappa shape index (κ1) is 10.0. The standard InChI is InChI=1S/C8H11NO4/c1-8(9-13-2)6(11)4-3-5(10)7(8)12/h9H,3-4H2,1-2H3/t8-/m1/s1. The van der Waals surface area contributed by atoms with Gasteiger partial charge < -0.3 is 4.84 Å². The summed E-state index contributed by atoms with van der Waals surface area (Å²) in [7, 11) is 1.30. The van der Waals surface area contributed by atoms with Crippen LogP contribution in [-0.2, 0) is 19.2 Å². The summed E-state index contributed by atoms with van der Waals surface area (Å²) in [6.07, 6.45) is 0.107. The zero-order valence-electron chi connectivity index (χ0n) is 7.55. The molecule has 1 fully saturated rings. The topological polar surface area (TPSA) is 72.5 Å². The van der Waals surface area contributed by atoms with Gasteiger partial charge in [0.15, 0.2) is 11.3 Å². The summed E-state index contributed by atoms with van der Waals surface area (Å²) in [6, 6.07) is 0. The van der Waals surface area contributed by atoms with Gasteiger partial charge in [0.05, 0.1) is 7.11 Å². The fourth-order valence-electron chi connectivity index (χ4n) is 1.30. The summed E-state index contributed by atoms with van der Waals surface area (Å²) < 4.78 is 0. The molecule has 0 heterocycles. The number of nitrogens with one attached hydrogen (secondary N) is 1. The Balaban J connectivity index is 2.95. The number of Topliss-reactive ketones (excluding diaryl/α,β-unsaturated/α-hetero) is 3. The molecule has 0 saturated heterocycles. The average Bonchev–Trinajstić information content (AvgIpc) is 2.10. The molecule has 0 radical (unpaired) electrons. The van der Waals surface area contributed by atoms with Gasteiger partial charge in [-0.2, -0.15) is 5.48 Å². The van der Waals surface area contributed by atoms with Gasteiger partial charge in [-0.25, -0.2) is 0 Å². The average molecular weight is 185 g/mol. The van der Waals surface area contributed by atoms with Gasteiger partial charge in [0, 0.05) is 12.8 Å². The monoisotopic (exact) mass is 185 g/mol. The van der Waals surface area contributed by atoms with Gasteiger partial charge in [-0.3, -0.25) is 14.4 Å². The van der Waals surface area contributed by atoms with Crippen molar-refractivity contribution >= 4 is 17.3 Å². The molecule has 0 aromatic rings. The second-order valence-corrected chi connectivity index (χ2v) is 3.11. The normalized spacial score (nSPS) is 29.5. The van der Waals surface area contributed by atoms with Crippen LogP contribution in [0.25, 0.3) is 0 Å². The van der Waals surface area contributed by atoms with Crippen LogP contribution in [0.15, 0.2) is 0 Å².